The van der Waals surface area contributed by atoms with Crippen molar-refractivity contribution in [1.29, 1.82) is 0 Å². The number of sulfonamides is 1. The molecule has 11 heteroatoms. The zero-order valence-corrected chi connectivity index (χ0v) is 17.1. The summed E-state index contributed by atoms with van der Waals surface area (Å²) < 4.78 is 31.5. The van der Waals surface area contributed by atoms with Crippen LogP contribution in [0.2, 0.25) is 10.0 Å². The van der Waals surface area contributed by atoms with Gasteiger partial charge < -0.3 is 15.0 Å². The molecule has 0 atom stereocenters. The number of amides is 2. The summed E-state index contributed by atoms with van der Waals surface area (Å²) in [4.78, 5) is 24.9. The summed E-state index contributed by atoms with van der Waals surface area (Å²) >= 11 is 11.9. The molecule has 0 radical (unpaired) electrons. The highest BCUT2D eigenvalue weighted by molar-refractivity contribution is 7.89. The molecule has 0 unspecified atom stereocenters. The van der Waals surface area contributed by atoms with E-state index in [9.17, 15) is 18.0 Å². The van der Waals surface area contributed by atoms with Crippen molar-refractivity contribution < 1.29 is 22.7 Å². The lowest BCUT2D eigenvalue weighted by atomic mass is 10.3. The number of nitrogens with one attached hydrogen (secondary N) is 1. The van der Waals surface area contributed by atoms with Crippen LogP contribution < -0.4 is 5.32 Å². The summed E-state index contributed by atoms with van der Waals surface area (Å²) in [6.07, 6.45) is -0.453. The quantitative estimate of drug-likeness (QED) is 0.733. The van der Waals surface area contributed by atoms with Crippen LogP contribution in [-0.2, 0) is 19.6 Å². The zero-order chi connectivity index (χ0) is 20.0. The van der Waals surface area contributed by atoms with Crippen molar-refractivity contribution in [1.82, 2.24) is 14.5 Å². The first-order valence-corrected chi connectivity index (χ1v) is 10.6. The molecule has 27 heavy (non-hydrogen) atoms. The van der Waals surface area contributed by atoms with Crippen LogP contribution >= 0.6 is 23.2 Å². The van der Waals surface area contributed by atoms with E-state index in [0.717, 1.165) is 0 Å². The van der Waals surface area contributed by atoms with E-state index >= 15 is 0 Å². The maximum atomic E-state index is 12.8. The minimum Gasteiger partial charge on any atom is -0.450 e. The van der Waals surface area contributed by atoms with Crippen LogP contribution in [0, 0.1) is 0 Å². The van der Waals surface area contributed by atoms with Crippen LogP contribution in [0.4, 0.5) is 4.79 Å². The maximum Gasteiger partial charge on any atom is 0.407 e. The first kappa shape index (κ1) is 21.7. The summed E-state index contributed by atoms with van der Waals surface area (Å²) in [5, 5.41) is 2.63. The van der Waals surface area contributed by atoms with Crippen LogP contribution in [0.25, 0.3) is 0 Å². The number of carbonyl (C=O) groups excluding carboxylic acids is 2. The van der Waals surface area contributed by atoms with Crippen LogP contribution in [0.3, 0.4) is 0 Å². The Morgan fingerprint density at radius 2 is 1.85 bits per heavy atom. The molecular formula is C16H21Cl2N3O5S. The van der Waals surface area contributed by atoms with Crippen LogP contribution in [0.1, 0.15) is 13.3 Å². The van der Waals surface area contributed by atoms with Gasteiger partial charge in [-0.25, -0.2) is 13.2 Å². The Labute approximate surface area is 168 Å². The minimum absolute atomic E-state index is 0.0114. The normalized spacial score (nSPS) is 15.4. The number of ether oxygens (including phenoxy) is 1. The van der Waals surface area contributed by atoms with Crippen molar-refractivity contribution in [3.8, 4) is 0 Å². The largest absolute Gasteiger partial charge is 0.450 e. The number of piperazine rings is 1. The van der Waals surface area contributed by atoms with E-state index in [0.29, 0.717) is 0 Å². The van der Waals surface area contributed by atoms with Gasteiger partial charge in [-0.05, 0) is 19.1 Å². The lowest BCUT2D eigenvalue weighted by Crippen LogP contribution is -2.50. The van der Waals surface area contributed by atoms with E-state index in [4.69, 9.17) is 27.9 Å². The maximum absolute atomic E-state index is 12.8. The third-order valence-corrected chi connectivity index (χ3v) is 6.88. The van der Waals surface area contributed by atoms with E-state index in [-0.39, 0.29) is 66.6 Å². The monoisotopic (exact) mass is 437 g/mol. The van der Waals surface area contributed by atoms with Crippen molar-refractivity contribution >= 4 is 45.2 Å². The van der Waals surface area contributed by atoms with E-state index in [1.165, 1.54) is 22.5 Å². The van der Waals surface area contributed by atoms with Crippen molar-refractivity contribution in [2.24, 2.45) is 0 Å². The standard InChI is InChI=1S/C16H21Cl2N3O5S/c1-2-26-16(23)19-7-6-14(22)20-8-10-21(11-9-20)27(24,25)13-5-3-4-12(17)15(13)18/h3-5H,2,6-11H2,1H3,(H,19,23). The molecule has 0 saturated carbocycles. The lowest BCUT2D eigenvalue weighted by molar-refractivity contribution is -0.132. The Morgan fingerprint density at radius 3 is 2.48 bits per heavy atom. The fourth-order valence-electron chi connectivity index (χ4n) is 2.61. The van der Waals surface area contributed by atoms with Gasteiger partial charge in [0.25, 0.3) is 0 Å². The Morgan fingerprint density at radius 1 is 1.19 bits per heavy atom. The van der Waals surface area contributed by atoms with Gasteiger partial charge >= 0.3 is 6.09 Å². The molecule has 1 fully saturated rings. The summed E-state index contributed by atoms with van der Waals surface area (Å²) in [6.45, 7) is 2.94. The summed E-state index contributed by atoms with van der Waals surface area (Å²) in [5.41, 5.74) is 0. The second-order valence-corrected chi connectivity index (χ2v) is 8.43. The lowest BCUT2D eigenvalue weighted by Gasteiger charge is -2.34. The fraction of sp³-hybridized carbons (Fsp3) is 0.500. The molecular weight excluding hydrogens is 417 g/mol. The molecule has 0 bridgehead atoms. The van der Waals surface area contributed by atoms with Crippen LogP contribution in [0.15, 0.2) is 23.1 Å². The molecule has 8 nitrogen and oxygen atoms in total. The summed E-state index contributed by atoms with van der Waals surface area (Å²) in [5.74, 6) is -0.162. The van der Waals surface area contributed by atoms with Crippen molar-refractivity contribution in [2.45, 2.75) is 18.2 Å². The third kappa shape index (κ3) is 5.47. The van der Waals surface area contributed by atoms with Gasteiger partial charge in [0.15, 0.2) is 0 Å². The molecule has 2 amide bonds. The van der Waals surface area contributed by atoms with E-state index in [1.807, 2.05) is 0 Å². The van der Waals surface area contributed by atoms with Crippen molar-refractivity contribution in [3.63, 3.8) is 0 Å². The van der Waals surface area contributed by atoms with Gasteiger partial charge in [-0.3, -0.25) is 4.79 Å². The van der Waals surface area contributed by atoms with Gasteiger partial charge in [0.05, 0.1) is 16.7 Å². The van der Waals surface area contributed by atoms with E-state index in [2.05, 4.69) is 5.32 Å². The molecule has 2 rings (SSSR count). The number of nitrogens with zero attached hydrogens (tertiary/aromatic N) is 2. The molecule has 1 aromatic rings. The van der Waals surface area contributed by atoms with Crippen LogP contribution in [-0.4, -0.2) is 69.0 Å². The zero-order valence-electron chi connectivity index (χ0n) is 14.8. The van der Waals surface area contributed by atoms with Gasteiger partial charge in [0, 0.05) is 39.1 Å². The highest BCUT2D eigenvalue weighted by atomic mass is 35.5. The molecule has 1 N–H and O–H groups in total. The Bertz CT molecular complexity index is 795. The van der Waals surface area contributed by atoms with Gasteiger partial charge in [-0.15, -0.1) is 0 Å². The number of hydrogen-bond acceptors (Lipinski definition) is 5. The number of benzene rings is 1. The number of rotatable bonds is 6. The second-order valence-electron chi connectivity index (χ2n) is 5.73. The van der Waals surface area contributed by atoms with Gasteiger partial charge in [-0.2, -0.15) is 4.31 Å². The Kier molecular flexibility index (Phi) is 7.72. The molecule has 1 saturated heterocycles. The molecule has 1 aromatic carbocycles. The number of carbonyl (C=O) groups is 2. The molecule has 1 heterocycles. The van der Waals surface area contributed by atoms with Crippen molar-refractivity contribution in [3.05, 3.63) is 28.2 Å². The first-order valence-electron chi connectivity index (χ1n) is 8.40. The first-order chi connectivity index (χ1) is 12.8. The highest BCUT2D eigenvalue weighted by Gasteiger charge is 2.31. The van der Waals surface area contributed by atoms with E-state index < -0.39 is 16.1 Å². The fourth-order valence-corrected chi connectivity index (χ4v) is 4.77. The van der Waals surface area contributed by atoms with Gasteiger partial charge in [-0.1, -0.05) is 29.3 Å². The molecule has 0 aromatic heterocycles. The molecule has 1 aliphatic heterocycles. The molecule has 0 spiro atoms. The minimum atomic E-state index is -3.79. The average molecular weight is 438 g/mol. The highest BCUT2D eigenvalue weighted by Crippen LogP contribution is 2.31. The van der Waals surface area contributed by atoms with Crippen molar-refractivity contribution in [2.75, 3.05) is 39.3 Å². The molecule has 0 aliphatic carbocycles. The third-order valence-electron chi connectivity index (χ3n) is 4.01. The van der Waals surface area contributed by atoms with Gasteiger partial charge in [0.1, 0.15) is 4.90 Å². The molecule has 1 aliphatic rings. The average Bonchev–Trinajstić information content (AvgIpc) is 2.64. The Balaban J connectivity index is 1.90. The predicted molar refractivity (Wildman–Crippen MR) is 101 cm³/mol. The summed E-state index contributed by atoms with van der Waals surface area (Å²) in [7, 11) is -3.79. The number of hydrogen-bond donors (Lipinski definition) is 1. The predicted octanol–water partition coefficient (Wildman–Crippen LogP) is 1.96. The second kappa shape index (κ2) is 9.59. The molecule has 150 valence electrons. The summed E-state index contributed by atoms with van der Waals surface area (Å²) in [6, 6.07) is 4.45. The Hall–Kier alpha value is -1.55. The number of alkyl carbamates (subject to hydrolysis) is 1. The van der Waals surface area contributed by atoms with E-state index in [1.54, 1.807) is 11.8 Å². The van der Waals surface area contributed by atoms with Crippen LogP contribution in [0.5, 0.6) is 0 Å². The smallest absolute Gasteiger partial charge is 0.407 e. The topological polar surface area (TPSA) is 96.0 Å². The van der Waals surface area contributed by atoms with Gasteiger partial charge in [0.2, 0.25) is 15.9 Å². The number of halogens is 2. The SMILES string of the molecule is CCOC(=O)NCCC(=O)N1CCN(S(=O)(=O)c2cccc(Cl)c2Cl)CC1.